The fraction of sp³-hybridized carbons (Fsp3) is 0.355. The molecule has 0 heterocycles. The standard InChI is InChI=1S/C31H38BFN2O8/c1-21-15-25(32(38)39)11-12-27(21)22(2)19-42-30(36)34-26-16-24(29(28(33)17-26)41-14-8-13-40-4)18-35(3)31(37)43-20-23-9-6-5-7-10-23/h5-7,9-12,15-17,22,38-39H,8,13-14,18-20H2,1-4H3,(H,34,36)/t22-/m0/s1. The summed E-state index contributed by atoms with van der Waals surface area (Å²) in [6.07, 6.45) is -0.878. The van der Waals surface area contributed by atoms with Crippen LogP contribution in [0.5, 0.6) is 5.75 Å². The van der Waals surface area contributed by atoms with E-state index in [0.29, 0.717) is 24.1 Å². The second-order valence-electron chi connectivity index (χ2n) is 10.2. The molecule has 2 amide bonds. The molecule has 0 saturated heterocycles. The predicted octanol–water partition coefficient (Wildman–Crippen LogP) is 4.35. The largest absolute Gasteiger partial charge is 0.490 e. The summed E-state index contributed by atoms with van der Waals surface area (Å²) in [4.78, 5) is 26.6. The van der Waals surface area contributed by atoms with Gasteiger partial charge in [0.2, 0.25) is 0 Å². The number of hydrogen-bond acceptors (Lipinski definition) is 8. The monoisotopic (exact) mass is 596 g/mol. The Morgan fingerprint density at radius 2 is 1.79 bits per heavy atom. The van der Waals surface area contributed by atoms with Crippen LogP contribution in [0.15, 0.2) is 60.7 Å². The maximum Gasteiger partial charge on any atom is 0.488 e. The van der Waals surface area contributed by atoms with Crippen molar-refractivity contribution >= 4 is 30.5 Å². The molecule has 230 valence electrons. The maximum absolute atomic E-state index is 15.2. The van der Waals surface area contributed by atoms with E-state index in [4.69, 9.17) is 18.9 Å². The zero-order chi connectivity index (χ0) is 31.4. The number of methoxy groups -OCH3 is 1. The lowest BCUT2D eigenvalue weighted by Gasteiger charge is -2.21. The van der Waals surface area contributed by atoms with Crippen LogP contribution in [0.25, 0.3) is 0 Å². The number of carbonyl (C=O) groups excluding carboxylic acids is 2. The topological polar surface area (TPSA) is 127 Å². The average Bonchev–Trinajstić information content (AvgIpc) is 2.98. The summed E-state index contributed by atoms with van der Waals surface area (Å²) in [7, 11) is 1.50. The van der Waals surface area contributed by atoms with E-state index >= 15 is 4.39 Å². The van der Waals surface area contributed by atoms with Crippen molar-refractivity contribution in [3.05, 3.63) is 88.7 Å². The molecule has 3 aromatic rings. The van der Waals surface area contributed by atoms with Gasteiger partial charge in [-0.15, -0.1) is 0 Å². The molecular formula is C31H38BFN2O8. The Kier molecular flexibility index (Phi) is 12.8. The third kappa shape index (κ3) is 10.3. The van der Waals surface area contributed by atoms with Gasteiger partial charge in [0.25, 0.3) is 0 Å². The van der Waals surface area contributed by atoms with Crippen LogP contribution in [0.4, 0.5) is 19.7 Å². The van der Waals surface area contributed by atoms with E-state index < -0.39 is 25.1 Å². The first kappa shape index (κ1) is 33.4. The van der Waals surface area contributed by atoms with Crippen LogP contribution in [-0.4, -0.2) is 68.2 Å². The first-order chi connectivity index (χ1) is 20.6. The molecule has 3 aromatic carbocycles. The molecule has 43 heavy (non-hydrogen) atoms. The highest BCUT2D eigenvalue weighted by atomic mass is 19.1. The molecular weight excluding hydrogens is 558 g/mol. The van der Waals surface area contributed by atoms with Gasteiger partial charge in [-0.3, -0.25) is 5.32 Å². The van der Waals surface area contributed by atoms with Crippen molar-refractivity contribution in [2.75, 3.05) is 39.3 Å². The smallest absolute Gasteiger partial charge is 0.488 e. The molecule has 10 nitrogen and oxygen atoms in total. The summed E-state index contributed by atoms with van der Waals surface area (Å²) >= 11 is 0. The highest BCUT2D eigenvalue weighted by Crippen LogP contribution is 2.29. The Bertz CT molecular complexity index is 1360. The third-order valence-corrected chi connectivity index (χ3v) is 6.62. The molecule has 0 aliphatic rings. The Balaban J connectivity index is 1.68. The summed E-state index contributed by atoms with van der Waals surface area (Å²) in [6.45, 7) is 4.37. The van der Waals surface area contributed by atoms with Gasteiger partial charge >= 0.3 is 19.3 Å². The fourth-order valence-corrected chi connectivity index (χ4v) is 4.39. The van der Waals surface area contributed by atoms with Crippen molar-refractivity contribution in [2.24, 2.45) is 0 Å². The Labute approximate surface area is 251 Å². The molecule has 12 heteroatoms. The minimum absolute atomic E-state index is 0.0275. The minimum atomic E-state index is -1.57. The average molecular weight is 596 g/mol. The number of hydrogen-bond donors (Lipinski definition) is 3. The SMILES string of the molecule is COCCCOc1c(F)cc(NC(=O)OC[C@H](C)c2ccc(B(O)O)cc2C)cc1CN(C)C(=O)OCc1ccccc1. The molecule has 0 aliphatic heterocycles. The highest BCUT2D eigenvalue weighted by Gasteiger charge is 2.20. The van der Waals surface area contributed by atoms with Gasteiger partial charge in [0.1, 0.15) is 6.61 Å². The molecule has 0 bridgehead atoms. The van der Waals surface area contributed by atoms with Gasteiger partial charge in [-0.05, 0) is 35.1 Å². The molecule has 0 spiro atoms. The lowest BCUT2D eigenvalue weighted by Crippen LogP contribution is -2.30. The Morgan fingerprint density at radius 1 is 1.05 bits per heavy atom. The van der Waals surface area contributed by atoms with Gasteiger partial charge in [0, 0.05) is 50.4 Å². The molecule has 0 fully saturated rings. The lowest BCUT2D eigenvalue weighted by molar-refractivity contribution is 0.102. The van der Waals surface area contributed by atoms with Gasteiger partial charge in [0.05, 0.1) is 19.8 Å². The lowest BCUT2D eigenvalue weighted by atomic mass is 9.78. The molecule has 0 radical (unpaired) electrons. The van der Waals surface area contributed by atoms with Gasteiger partial charge < -0.3 is 33.9 Å². The van der Waals surface area contributed by atoms with Crippen LogP contribution < -0.4 is 15.5 Å². The minimum Gasteiger partial charge on any atom is -0.490 e. The quantitative estimate of drug-likeness (QED) is 0.185. The molecule has 0 saturated carbocycles. The third-order valence-electron chi connectivity index (χ3n) is 6.62. The van der Waals surface area contributed by atoms with E-state index in [1.165, 1.54) is 18.0 Å². The summed E-state index contributed by atoms with van der Waals surface area (Å²) in [5.74, 6) is -0.953. The molecule has 0 aliphatic carbocycles. The Hall–Kier alpha value is -4.13. The maximum atomic E-state index is 15.2. The van der Waals surface area contributed by atoms with E-state index in [1.807, 2.05) is 44.2 Å². The number of carbonyl (C=O) groups is 2. The second kappa shape index (κ2) is 16.5. The van der Waals surface area contributed by atoms with Crippen molar-refractivity contribution < 1.29 is 43.0 Å². The van der Waals surface area contributed by atoms with Crippen LogP contribution in [0.2, 0.25) is 0 Å². The second-order valence-corrected chi connectivity index (χ2v) is 10.2. The van der Waals surface area contributed by atoms with Crippen LogP contribution >= 0.6 is 0 Å². The summed E-state index contributed by atoms with van der Waals surface area (Å²) < 4.78 is 36.7. The number of halogens is 1. The number of anilines is 1. The number of benzene rings is 3. The zero-order valence-electron chi connectivity index (χ0n) is 24.8. The number of nitrogens with zero attached hydrogens (tertiary/aromatic N) is 1. The van der Waals surface area contributed by atoms with Crippen molar-refractivity contribution in [1.29, 1.82) is 0 Å². The van der Waals surface area contributed by atoms with Gasteiger partial charge in [0.15, 0.2) is 11.6 Å². The normalized spacial score (nSPS) is 11.4. The number of amides is 2. The van der Waals surface area contributed by atoms with E-state index in [-0.39, 0.29) is 43.7 Å². The number of rotatable bonds is 14. The van der Waals surface area contributed by atoms with Gasteiger partial charge in [-0.25, -0.2) is 14.0 Å². The summed E-state index contributed by atoms with van der Waals surface area (Å²) in [5.41, 5.74) is 3.34. The van der Waals surface area contributed by atoms with Gasteiger partial charge in [-0.1, -0.05) is 55.5 Å². The first-order valence-corrected chi connectivity index (χ1v) is 13.8. The van der Waals surface area contributed by atoms with E-state index in [2.05, 4.69) is 5.32 Å². The number of nitrogens with one attached hydrogen (secondary N) is 1. The molecule has 3 N–H and O–H groups in total. The first-order valence-electron chi connectivity index (χ1n) is 13.8. The van der Waals surface area contributed by atoms with Crippen molar-refractivity contribution in [3.63, 3.8) is 0 Å². The van der Waals surface area contributed by atoms with E-state index in [1.54, 1.807) is 25.3 Å². The van der Waals surface area contributed by atoms with Gasteiger partial charge in [-0.2, -0.15) is 0 Å². The highest BCUT2D eigenvalue weighted by molar-refractivity contribution is 6.58. The van der Waals surface area contributed by atoms with Crippen LogP contribution in [0.3, 0.4) is 0 Å². The fourth-order valence-electron chi connectivity index (χ4n) is 4.39. The van der Waals surface area contributed by atoms with Crippen LogP contribution in [0.1, 0.15) is 41.5 Å². The summed E-state index contributed by atoms with van der Waals surface area (Å²) in [6, 6.07) is 16.9. The van der Waals surface area contributed by atoms with Crippen LogP contribution in [-0.2, 0) is 27.4 Å². The molecule has 1 atom stereocenters. The molecule has 3 rings (SSSR count). The predicted molar refractivity (Wildman–Crippen MR) is 161 cm³/mol. The van der Waals surface area contributed by atoms with Crippen molar-refractivity contribution in [3.8, 4) is 5.75 Å². The zero-order valence-corrected chi connectivity index (χ0v) is 24.8. The summed E-state index contributed by atoms with van der Waals surface area (Å²) in [5, 5.41) is 21.3. The molecule has 0 aromatic heterocycles. The van der Waals surface area contributed by atoms with Crippen molar-refractivity contribution in [1.82, 2.24) is 4.90 Å². The van der Waals surface area contributed by atoms with Crippen molar-refractivity contribution in [2.45, 2.75) is 39.3 Å². The molecule has 0 unspecified atom stereocenters. The van der Waals surface area contributed by atoms with E-state index in [0.717, 1.165) is 22.8 Å². The number of ether oxygens (including phenoxy) is 4. The number of aryl methyl sites for hydroxylation is 1. The van der Waals surface area contributed by atoms with Crippen LogP contribution in [0, 0.1) is 12.7 Å². The Morgan fingerprint density at radius 3 is 2.47 bits per heavy atom. The van der Waals surface area contributed by atoms with E-state index in [9.17, 15) is 19.6 Å².